The van der Waals surface area contributed by atoms with Crippen LogP contribution >= 0.6 is 0 Å². The van der Waals surface area contributed by atoms with Crippen molar-refractivity contribution in [1.82, 2.24) is 5.16 Å². The van der Waals surface area contributed by atoms with Gasteiger partial charge < -0.3 is 15.0 Å². The van der Waals surface area contributed by atoms with Crippen LogP contribution in [-0.4, -0.2) is 11.8 Å². The van der Waals surface area contributed by atoms with Crippen LogP contribution in [0.25, 0.3) is 11.1 Å². The van der Waals surface area contributed by atoms with Crippen molar-refractivity contribution in [3.63, 3.8) is 0 Å². The summed E-state index contributed by atoms with van der Waals surface area (Å²) in [4.78, 5) is 0. The van der Waals surface area contributed by atoms with Crippen molar-refractivity contribution >= 4 is 5.82 Å². The number of hydrogen-bond donors (Lipinski definition) is 1. The van der Waals surface area contributed by atoms with Gasteiger partial charge in [-0.2, -0.15) is 8.78 Å². The molecule has 1 aromatic carbocycles. The number of unbranched alkanes of at least 4 members (excludes halogenated alkanes) is 1. The van der Waals surface area contributed by atoms with Crippen molar-refractivity contribution in [2.24, 2.45) is 0 Å². The highest BCUT2D eigenvalue weighted by molar-refractivity contribution is 5.75. The van der Waals surface area contributed by atoms with Gasteiger partial charge in [0.1, 0.15) is 11.5 Å². The number of nitrogens with two attached hydrogens (primary N) is 1. The second kappa shape index (κ2) is 6.36. The number of nitrogens with zero attached hydrogens (tertiary/aromatic N) is 1. The Kier molecular flexibility index (Phi) is 4.55. The van der Waals surface area contributed by atoms with Crippen molar-refractivity contribution in [3.05, 3.63) is 30.0 Å². The molecule has 0 aliphatic heterocycles. The Morgan fingerprint density at radius 1 is 1.30 bits per heavy atom. The number of rotatable bonds is 6. The molecule has 0 radical (unpaired) electrons. The smallest absolute Gasteiger partial charge is 0.387 e. The fourth-order valence-electron chi connectivity index (χ4n) is 1.96. The molecule has 0 saturated heterocycles. The Morgan fingerprint density at radius 2 is 2.00 bits per heavy atom. The van der Waals surface area contributed by atoms with Crippen LogP contribution in [0.2, 0.25) is 0 Å². The van der Waals surface area contributed by atoms with E-state index < -0.39 is 6.61 Å². The number of nitrogen functional groups attached to an aromatic ring is 1. The summed E-state index contributed by atoms with van der Waals surface area (Å²) < 4.78 is 33.7. The molecule has 0 bridgehead atoms. The van der Waals surface area contributed by atoms with Gasteiger partial charge in [0.25, 0.3) is 0 Å². The second-order valence-electron chi connectivity index (χ2n) is 4.37. The van der Waals surface area contributed by atoms with Gasteiger partial charge in [-0.3, -0.25) is 0 Å². The molecule has 0 amide bonds. The predicted molar refractivity (Wildman–Crippen MR) is 71.6 cm³/mol. The maximum absolute atomic E-state index is 12.1. The van der Waals surface area contributed by atoms with Crippen molar-refractivity contribution in [2.45, 2.75) is 32.8 Å². The van der Waals surface area contributed by atoms with Gasteiger partial charge in [0.15, 0.2) is 5.82 Å². The first-order chi connectivity index (χ1) is 9.61. The molecule has 20 heavy (non-hydrogen) atoms. The standard InChI is InChI=1S/C14H16F2N2O2/c1-2-3-4-11-12(13(17)18-20-11)9-5-7-10(8-6-9)19-14(15)16/h5-8,14H,2-4H2,1H3,(H2,17,18). The van der Waals surface area contributed by atoms with Gasteiger partial charge in [-0.15, -0.1) is 0 Å². The SMILES string of the molecule is CCCCc1onc(N)c1-c1ccc(OC(F)F)cc1. The Bertz CT molecular complexity index is 553. The molecule has 1 heterocycles. The number of aromatic nitrogens is 1. The number of aryl methyl sites for hydroxylation is 1. The van der Waals surface area contributed by atoms with E-state index in [1.165, 1.54) is 12.1 Å². The molecular formula is C14H16F2N2O2. The van der Waals surface area contributed by atoms with Crippen LogP contribution in [0, 0.1) is 0 Å². The van der Waals surface area contributed by atoms with E-state index in [9.17, 15) is 8.78 Å². The zero-order chi connectivity index (χ0) is 14.5. The normalized spacial score (nSPS) is 11.0. The Hall–Kier alpha value is -2.11. The maximum Gasteiger partial charge on any atom is 0.387 e. The minimum Gasteiger partial charge on any atom is -0.435 e. The number of ether oxygens (including phenoxy) is 1. The molecule has 2 N–H and O–H groups in total. The Labute approximate surface area is 115 Å². The fourth-order valence-corrected chi connectivity index (χ4v) is 1.96. The van der Waals surface area contributed by atoms with Gasteiger partial charge in [-0.25, -0.2) is 0 Å². The van der Waals surface area contributed by atoms with Crippen LogP contribution < -0.4 is 10.5 Å². The number of halogens is 2. The molecule has 2 aromatic rings. The lowest BCUT2D eigenvalue weighted by molar-refractivity contribution is -0.0498. The van der Waals surface area contributed by atoms with Crippen LogP contribution in [0.1, 0.15) is 25.5 Å². The van der Waals surface area contributed by atoms with E-state index in [1.54, 1.807) is 12.1 Å². The van der Waals surface area contributed by atoms with Gasteiger partial charge >= 0.3 is 6.61 Å². The molecular weight excluding hydrogens is 266 g/mol. The average molecular weight is 282 g/mol. The van der Waals surface area contributed by atoms with Gasteiger partial charge in [0.2, 0.25) is 0 Å². The third-order valence-corrected chi connectivity index (χ3v) is 2.91. The van der Waals surface area contributed by atoms with E-state index >= 15 is 0 Å². The van der Waals surface area contributed by atoms with Gasteiger partial charge in [0, 0.05) is 6.42 Å². The third kappa shape index (κ3) is 3.26. The monoisotopic (exact) mass is 282 g/mol. The van der Waals surface area contributed by atoms with E-state index in [0.29, 0.717) is 11.6 Å². The molecule has 0 atom stereocenters. The van der Waals surface area contributed by atoms with E-state index in [-0.39, 0.29) is 5.75 Å². The molecule has 4 nitrogen and oxygen atoms in total. The first kappa shape index (κ1) is 14.3. The number of hydrogen-bond acceptors (Lipinski definition) is 4. The minimum atomic E-state index is -2.83. The second-order valence-corrected chi connectivity index (χ2v) is 4.37. The van der Waals surface area contributed by atoms with Crippen molar-refractivity contribution in [1.29, 1.82) is 0 Å². The van der Waals surface area contributed by atoms with E-state index in [1.807, 2.05) is 0 Å². The van der Waals surface area contributed by atoms with E-state index in [4.69, 9.17) is 10.3 Å². The minimum absolute atomic E-state index is 0.105. The lowest BCUT2D eigenvalue weighted by atomic mass is 10.0. The van der Waals surface area contributed by atoms with Crippen molar-refractivity contribution in [3.8, 4) is 16.9 Å². The highest BCUT2D eigenvalue weighted by atomic mass is 19.3. The molecule has 2 rings (SSSR count). The first-order valence-electron chi connectivity index (χ1n) is 6.41. The Balaban J connectivity index is 2.24. The summed E-state index contributed by atoms with van der Waals surface area (Å²) in [5.74, 6) is 1.12. The highest BCUT2D eigenvalue weighted by Crippen LogP contribution is 2.31. The number of benzene rings is 1. The quantitative estimate of drug-likeness (QED) is 0.873. The lowest BCUT2D eigenvalue weighted by Crippen LogP contribution is -2.01. The summed E-state index contributed by atoms with van der Waals surface area (Å²) in [7, 11) is 0. The van der Waals surface area contributed by atoms with Crippen LogP contribution in [0.3, 0.4) is 0 Å². The summed E-state index contributed by atoms with van der Waals surface area (Å²) in [6.07, 6.45) is 2.74. The average Bonchev–Trinajstić information content (AvgIpc) is 2.78. The lowest BCUT2D eigenvalue weighted by Gasteiger charge is -2.06. The molecule has 0 spiro atoms. The topological polar surface area (TPSA) is 61.3 Å². The zero-order valence-electron chi connectivity index (χ0n) is 11.1. The summed E-state index contributed by atoms with van der Waals surface area (Å²) in [6.45, 7) is -0.753. The third-order valence-electron chi connectivity index (χ3n) is 2.91. The predicted octanol–water partition coefficient (Wildman–Crippen LogP) is 3.87. The Morgan fingerprint density at radius 3 is 2.60 bits per heavy atom. The van der Waals surface area contributed by atoms with Crippen molar-refractivity contribution in [2.75, 3.05) is 5.73 Å². The molecule has 108 valence electrons. The highest BCUT2D eigenvalue weighted by Gasteiger charge is 2.15. The first-order valence-corrected chi connectivity index (χ1v) is 6.41. The van der Waals surface area contributed by atoms with Gasteiger partial charge in [-0.1, -0.05) is 30.6 Å². The molecule has 6 heteroatoms. The van der Waals surface area contributed by atoms with Crippen LogP contribution in [-0.2, 0) is 6.42 Å². The van der Waals surface area contributed by atoms with E-state index in [0.717, 1.165) is 30.4 Å². The van der Waals surface area contributed by atoms with Crippen LogP contribution in [0.4, 0.5) is 14.6 Å². The largest absolute Gasteiger partial charge is 0.435 e. The molecule has 0 aliphatic carbocycles. The van der Waals surface area contributed by atoms with Gasteiger partial charge in [-0.05, 0) is 24.1 Å². The maximum atomic E-state index is 12.1. The zero-order valence-corrected chi connectivity index (χ0v) is 11.1. The summed E-state index contributed by atoms with van der Waals surface area (Å²) in [6, 6.07) is 6.27. The van der Waals surface area contributed by atoms with Crippen LogP contribution in [0.5, 0.6) is 5.75 Å². The van der Waals surface area contributed by atoms with E-state index in [2.05, 4.69) is 16.8 Å². The summed E-state index contributed by atoms with van der Waals surface area (Å²) >= 11 is 0. The fraction of sp³-hybridized carbons (Fsp3) is 0.357. The van der Waals surface area contributed by atoms with Gasteiger partial charge in [0.05, 0.1) is 5.56 Å². The molecule has 0 fully saturated rings. The summed E-state index contributed by atoms with van der Waals surface area (Å²) in [5.41, 5.74) is 7.31. The molecule has 1 aromatic heterocycles. The van der Waals surface area contributed by atoms with Crippen molar-refractivity contribution < 1.29 is 18.0 Å². The summed E-state index contributed by atoms with van der Waals surface area (Å²) in [5, 5.41) is 3.77. The number of anilines is 1. The number of alkyl halides is 2. The molecule has 0 unspecified atom stereocenters. The van der Waals surface area contributed by atoms with Crippen LogP contribution in [0.15, 0.2) is 28.8 Å². The molecule has 0 saturated carbocycles. The molecule has 0 aliphatic rings.